The van der Waals surface area contributed by atoms with Gasteiger partial charge in [0.15, 0.2) is 0 Å². The molecule has 5 rings (SSSR count). The third kappa shape index (κ3) is 5.24. The lowest BCUT2D eigenvalue weighted by Crippen LogP contribution is -2.30. The number of hydrogen-bond acceptors (Lipinski definition) is 4. The number of amides is 1. The molecular formula is C26H19Cl2FN4O3S. The average molecular weight is 557 g/mol. The molecular weight excluding hydrogens is 538 g/mol. The van der Waals surface area contributed by atoms with Gasteiger partial charge in [0.1, 0.15) is 11.5 Å². The monoisotopic (exact) mass is 556 g/mol. The Balaban J connectivity index is 1.79. The second-order valence-electron chi connectivity index (χ2n) is 8.47. The molecule has 0 bridgehead atoms. The van der Waals surface area contributed by atoms with E-state index in [1.807, 2.05) is 16.9 Å². The second kappa shape index (κ2) is 9.66. The summed E-state index contributed by atoms with van der Waals surface area (Å²) in [6.07, 6.45) is 2.53. The van der Waals surface area contributed by atoms with Crippen molar-refractivity contribution >= 4 is 50.0 Å². The zero-order valence-corrected chi connectivity index (χ0v) is 21.6. The molecule has 2 heterocycles. The molecule has 5 aromatic rings. The van der Waals surface area contributed by atoms with Crippen LogP contribution in [0.4, 0.5) is 4.39 Å². The molecule has 11 heteroatoms. The third-order valence-corrected chi connectivity index (χ3v) is 6.79. The van der Waals surface area contributed by atoms with Gasteiger partial charge in [0, 0.05) is 32.1 Å². The number of hydrogen-bond donors (Lipinski definition) is 2. The number of benzene rings is 3. The molecule has 37 heavy (non-hydrogen) atoms. The van der Waals surface area contributed by atoms with Gasteiger partial charge in [-0.05, 0) is 47.5 Å². The van der Waals surface area contributed by atoms with E-state index in [0.717, 1.165) is 11.8 Å². The molecule has 0 unspecified atom stereocenters. The minimum atomic E-state index is -3.85. The summed E-state index contributed by atoms with van der Waals surface area (Å²) in [7, 11) is -3.85. The number of carbonyl (C=O) groups is 1. The van der Waals surface area contributed by atoms with Crippen LogP contribution >= 0.6 is 23.2 Å². The molecule has 0 radical (unpaired) electrons. The molecule has 0 fully saturated rings. The van der Waals surface area contributed by atoms with E-state index in [2.05, 4.69) is 10.1 Å². The molecule has 1 amide bonds. The van der Waals surface area contributed by atoms with Crippen LogP contribution in [0.1, 0.15) is 16.1 Å². The van der Waals surface area contributed by atoms with Gasteiger partial charge in [0.2, 0.25) is 10.0 Å². The maximum absolute atomic E-state index is 13.7. The molecule has 2 N–H and O–H groups in total. The number of nitrogens with one attached hydrogen (secondary N) is 2. The first-order chi connectivity index (χ1) is 17.6. The summed E-state index contributed by atoms with van der Waals surface area (Å²) in [5.74, 6) is -1.23. The summed E-state index contributed by atoms with van der Waals surface area (Å²) in [6, 6.07) is 18.2. The Morgan fingerprint density at radius 3 is 2.38 bits per heavy atom. The number of aromatic amines is 1. The van der Waals surface area contributed by atoms with Crippen LogP contribution in [-0.4, -0.2) is 35.3 Å². The fourth-order valence-corrected chi connectivity index (χ4v) is 4.91. The lowest BCUT2D eigenvalue weighted by molar-refractivity contribution is 0.0978. The molecule has 0 spiro atoms. The van der Waals surface area contributed by atoms with Crippen molar-refractivity contribution in [3.63, 3.8) is 0 Å². The predicted molar refractivity (Wildman–Crippen MR) is 143 cm³/mol. The second-order valence-corrected chi connectivity index (χ2v) is 11.1. The van der Waals surface area contributed by atoms with E-state index in [1.54, 1.807) is 53.3 Å². The van der Waals surface area contributed by atoms with Crippen molar-refractivity contribution < 1.29 is 17.6 Å². The van der Waals surface area contributed by atoms with Gasteiger partial charge in [-0.15, -0.1) is 0 Å². The Bertz CT molecular complexity index is 1750. The van der Waals surface area contributed by atoms with Crippen LogP contribution in [-0.2, 0) is 16.6 Å². The molecule has 2 aromatic heterocycles. The van der Waals surface area contributed by atoms with Crippen molar-refractivity contribution in [3.8, 4) is 22.4 Å². The number of carbonyl (C=O) groups excluding carboxylic acids is 1. The van der Waals surface area contributed by atoms with Crippen LogP contribution in [0.2, 0.25) is 10.0 Å². The van der Waals surface area contributed by atoms with Crippen LogP contribution in [0.25, 0.3) is 33.3 Å². The topological polar surface area (TPSA) is 96.8 Å². The van der Waals surface area contributed by atoms with E-state index in [4.69, 9.17) is 23.2 Å². The van der Waals surface area contributed by atoms with Crippen LogP contribution in [0, 0.1) is 5.82 Å². The summed E-state index contributed by atoms with van der Waals surface area (Å²) in [5, 5.41) is 6.24. The molecule has 7 nitrogen and oxygen atoms in total. The van der Waals surface area contributed by atoms with Crippen molar-refractivity contribution in [2.75, 3.05) is 6.26 Å². The number of halogens is 3. The fourth-order valence-electron chi connectivity index (χ4n) is 4.18. The normalized spacial score (nSPS) is 11.7. The van der Waals surface area contributed by atoms with Crippen molar-refractivity contribution in [3.05, 3.63) is 100 Å². The quantitative estimate of drug-likeness (QED) is 0.273. The first-order valence-electron chi connectivity index (χ1n) is 11.0. The number of H-pyrrole nitrogens is 1. The maximum atomic E-state index is 13.7. The summed E-state index contributed by atoms with van der Waals surface area (Å²) in [6.45, 7) is 0.321. The average Bonchev–Trinajstić information content (AvgIpc) is 3.40. The summed E-state index contributed by atoms with van der Waals surface area (Å²) < 4.78 is 41.3. The Hall–Kier alpha value is -3.66. The van der Waals surface area contributed by atoms with Crippen molar-refractivity contribution in [1.82, 2.24) is 19.5 Å². The highest BCUT2D eigenvalue weighted by atomic mass is 35.5. The lowest BCUT2D eigenvalue weighted by Gasteiger charge is -2.13. The number of nitrogens with zero attached hydrogens (tertiary/aromatic N) is 2. The zero-order chi connectivity index (χ0) is 26.3. The Morgan fingerprint density at radius 2 is 1.70 bits per heavy atom. The highest BCUT2D eigenvalue weighted by Crippen LogP contribution is 2.40. The Labute approximate surface area is 221 Å². The summed E-state index contributed by atoms with van der Waals surface area (Å²) >= 11 is 12.3. The SMILES string of the molecule is CS(=O)(=O)NC(=O)c1[nH]c2cc(Cl)ccc2c1-c1c(-c2ccc(F)cc2)cnn1Cc1ccc(Cl)cc1. The van der Waals surface area contributed by atoms with Crippen LogP contribution in [0.3, 0.4) is 0 Å². The maximum Gasteiger partial charge on any atom is 0.281 e. The summed E-state index contributed by atoms with van der Waals surface area (Å²) in [4.78, 5) is 16.2. The van der Waals surface area contributed by atoms with Gasteiger partial charge < -0.3 is 4.98 Å². The third-order valence-electron chi connectivity index (χ3n) is 5.74. The number of fused-ring (bicyclic) bond motifs is 1. The molecule has 0 saturated heterocycles. The van der Waals surface area contributed by atoms with Gasteiger partial charge in [-0.1, -0.05) is 53.5 Å². The highest BCUT2D eigenvalue weighted by Gasteiger charge is 2.27. The Morgan fingerprint density at radius 1 is 1.03 bits per heavy atom. The smallest absolute Gasteiger partial charge is 0.281 e. The molecule has 0 aliphatic carbocycles. The van der Waals surface area contributed by atoms with Gasteiger partial charge in [-0.2, -0.15) is 5.10 Å². The number of rotatable bonds is 6. The largest absolute Gasteiger partial charge is 0.350 e. The van der Waals surface area contributed by atoms with Crippen LogP contribution in [0.15, 0.2) is 72.9 Å². The van der Waals surface area contributed by atoms with E-state index < -0.39 is 21.7 Å². The van der Waals surface area contributed by atoms with Gasteiger partial charge in [0.05, 0.1) is 24.7 Å². The van der Waals surface area contributed by atoms with Crippen molar-refractivity contribution in [2.24, 2.45) is 0 Å². The Kier molecular flexibility index (Phi) is 6.53. The van der Waals surface area contributed by atoms with Crippen LogP contribution < -0.4 is 4.72 Å². The first-order valence-corrected chi connectivity index (χ1v) is 13.6. The van der Waals surface area contributed by atoms with E-state index in [0.29, 0.717) is 49.9 Å². The standard InChI is InChI=1S/C26H19Cl2FN4O3S/c1-37(35,36)32-26(34)24-23(20-11-8-18(28)12-22(20)31-24)25-21(16-4-9-19(29)10-5-16)13-30-33(25)14-15-2-6-17(27)7-3-15/h2-13,31H,14H2,1H3,(H,32,34). The minimum Gasteiger partial charge on any atom is -0.350 e. The molecule has 0 atom stereocenters. The van der Waals surface area contributed by atoms with Gasteiger partial charge >= 0.3 is 0 Å². The predicted octanol–water partition coefficient (Wildman–Crippen LogP) is 5.88. The molecule has 3 aromatic carbocycles. The fraction of sp³-hybridized carbons (Fsp3) is 0.0769. The van der Waals surface area contributed by atoms with Gasteiger partial charge in [0.25, 0.3) is 5.91 Å². The highest BCUT2D eigenvalue weighted by molar-refractivity contribution is 7.89. The molecule has 0 saturated carbocycles. The number of sulfonamides is 1. The summed E-state index contributed by atoms with van der Waals surface area (Å²) in [5.41, 5.74) is 3.70. The van der Waals surface area contributed by atoms with E-state index in [1.165, 1.54) is 12.1 Å². The molecule has 188 valence electrons. The first kappa shape index (κ1) is 25.0. The van der Waals surface area contributed by atoms with Crippen molar-refractivity contribution in [1.29, 1.82) is 0 Å². The minimum absolute atomic E-state index is 0.0175. The van der Waals surface area contributed by atoms with Gasteiger partial charge in [-0.25, -0.2) is 17.5 Å². The zero-order valence-electron chi connectivity index (χ0n) is 19.3. The lowest BCUT2D eigenvalue weighted by atomic mass is 9.98. The van der Waals surface area contributed by atoms with E-state index in [9.17, 15) is 17.6 Å². The van der Waals surface area contributed by atoms with E-state index >= 15 is 0 Å². The van der Waals surface area contributed by atoms with Crippen LogP contribution in [0.5, 0.6) is 0 Å². The van der Waals surface area contributed by atoms with E-state index in [-0.39, 0.29) is 5.69 Å². The molecule has 0 aliphatic heterocycles. The van der Waals surface area contributed by atoms with Crippen molar-refractivity contribution in [2.45, 2.75) is 6.54 Å². The number of aromatic nitrogens is 3. The van der Waals surface area contributed by atoms with Gasteiger partial charge in [-0.3, -0.25) is 9.48 Å². The molecule has 0 aliphatic rings.